The summed E-state index contributed by atoms with van der Waals surface area (Å²) in [6.45, 7) is 3.87. The number of carbonyl (C=O) groups excluding carboxylic acids is 2. The Morgan fingerprint density at radius 2 is 1.97 bits per heavy atom. The number of rotatable bonds is 6. The summed E-state index contributed by atoms with van der Waals surface area (Å²) in [4.78, 5) is 31.1. The Bertz CT molecular complexity index is 978. The number of cyclic esters (lactones) is 1. The quantitative estimate of drug-likeness (QED) is 0.681. The predicted molar refractivity (Wildman–Crippen MR) is 110 cm³/mol. The van der Waals surface area contributed by atoms with Crippen LogP contribution in [0.2, 0.25) is 0 Å². The molecule has 0 radical (unpaired) electrons. The Balaban J connectivity index is 1.26. The molecule has 7 heteroatoms. The van der Waals surface area contributed by atoms with Crippen LogP contribution in [0.4, 0.5) is 20.6 Å². The van der Waals surface area contributed by atoms with E-state index in [1.165, 1.54) is 11.6 Å². The largest absolute Gasteiger partial charge is 0.444 e. The number of pyridine rings is 1. The van der Waals surface area contributed by atoms with Crippen molar-refractivity contribution in [3.8, 4) is 0 Å². The second-order valence-corrected chi connectivity index (χ2v) is 8.68. The van der Waals surface area contributed by atoms with E-state index in [1.807, 2.05) is 12.1 Å². The van der Waals surface area contributed by atoms with E-state index in [0.717, 1.165) is 30.9 Å². The van der Waals surface area contributed by atoms with Gasteiger partial charge in [0.05, 0.1) is 18.4 Å². The van der Waals surface area contributed by atoms with Crippen molar-refractivity contribution >= 4 is 23.3 Å². The molecule has 3 fully saturated rings. The van der Waals surface area contributed by atoms with E-state index in [9.17, 15) is 14.0 Å². The highest BCUT2D eigenvalue weighted by Crippen LogP contribution is 2.59. The van der Waals surface area contributed by atoms with Gasteiger partial charge in [-0.3, -0.25) is 4.90 Å². The fourth-order valence-electron chi connectivity index (χ4n) is 4.90. The van der Waals surface area contributed by atoms with Crippen molar-refractivity contribution in [2.24, 2.45) is 5.92 Å². The molecule has 1 aromatic heterocycles. The minimum Gasteiger partial charge on any atom is -0.444 e. The third kappa shape index (κ3) is 3.32. The Morgan fingerprint density at radius 3 is 2.67 bits per heavy atom. The molecule has 2 aliphatic heterocycles. The molecular weight excluding hydrogens is 385 g/mol. The fourth-order valence-corrected chi connectivity index (χ4v) is 4.90. The van der Waals surface area contributed by atoms with E-state index in [1.54, 1.807) is 24.1 Å². The summed E-state index contributed by atoms with van der Waals surface area (Å²) >= 11 is 0. The van der Waals surface area contributed by atoms with Crippen molar-refractivity contribution in [1.82, 2.24) is 4.98 Å². The molecule has 2 aromatic rings. The van der Waals surface area contributed by atoms with Gasteiger partial charge in [0.25, 0.3) is 0 Å². The Morgan fingerprint density at radius 1 is 1.20 bits per heavy atom. The number of carbonyl (C=O) groups is 2. The average molecular weight is 409 g/mol. The lowest BCUT2D eigenvalue weighted by Gasteiger charge is -2.23. The van der Waals surface area contributed by atoms with E-state index in [4.69, 9.17) is 4.74 Å². The molecule has 6 nitrogen and oxygen atoms in total. The molecule has 1 amide bonds. The van der Waals surface area contributed by atoms with Gasteiger partial charge in [0.1, 0.15) is 11.9 Å². The summed E-state index contributed by atoms with van der Waals surface area (Å²) < 4.78 is 18.5. The zero-order chi connectivity index (χ0) is 20.9. The van der Waals surface area contributed by atoms with Crippen LogP contribution in [-0.2, 0) is 14.9 Å². The van der Waals surface area contributed by atoms with Gasteiger partial charge < -0.3 is 14.4 Å². The first kappa shape index (κ1) is 19.0. The van der Waals surface area contributed by atoms with Crippen molar-refractivity contribution in [2.45, 2.75) is 37.7 Å². The molecule has 30 heavy (non-hydrogen) atoms. The number of aromatic nitrogens is 1. The molecule has 5 rings (SSSR count). The topological polar surface area (TPSA) is 62.7 Å². The summed E-state index contributed by atoms with van der Waals surface area (Å²) in [7, 11) is 0. The number of benzene rings is 1. The molecule has 156 valence electrons. The Hall–Kier alpha value is -2.96. The normalized spacial score (nSPS) is 27.2. The van der Waals surface area contributed by atoms with Gasteiger partial charge in [-0.05, 0) is 55.5 Å². The molecule has 0 bridgehead atoms. The molecule has 1 aliphatic carbocycles. The summed E-state index contributed by atoms with van der Waals surface area (Å²) in [6, 6.07) is 11.4. The molecule has 3 atom stereocenters. The number of amides is 1. The number of ketones is 1. The summed E-state index contributed by atoms with van der Waals surface area (Å²) in [5.74, 6) is 0.229. The lowest BCUT2D eigenvalue weighted by atomic mass is 9.94. The molecule has 1 aromatic carbocycles. The second-order valence-electron chi connectivity index (χ2n) is 8.68. The first-order valence-corrected chi connectivity index (χ1v) is 10.4. The van der Waals surface area contributed by atoms with E-state index in [-0.39, 0.29) is 23.4 Å². The number of hydrogen-bond acceptors (Lipinski definition) is 5. The van der Waals surface area contributed by atoms with Crippen molar-refractivity contribution in [1.29, 1.82) is 0 Å². The molecule has 2 unspecified atom stereocenters. The number of anilines is 2. The summed E-state index contributed by atoms with van der Waals surface area (Å²) in [6.07, 6.45) is 3.15. The fraction of sp³-hybridized carbons (Fsp3) is 0.435. The van der Waals surface area contributed by atoms with Crippen LogP contribution >= 0.6 is 0 Å². The zero-order valence-corrected chi connectivity index (χ0v) is 16.9. The van der Waals surface area contributed by atoms with Crippen molar-refractivity contribution in [2.75, 3.05) is 29.4 Å². The number of piperidine rings is 1. The summed E-state index contributed by atoms with van der Waals surface area (Å²) in [5.41, 5.74) is 3.17. The van der Waals surface area contributed by atoms with Crippen molar-refractivity contribution in [3.05, 3.63) is 54.1 Å². The van der Waals surface area contributed by atoms with Crippen LogP contribution in [0.15, 0.2) is 42.6 Å². The zero-order valence-electron chi connectivity index (χ0n) is 16.9. The highest BCUT2D eigenvalue weighted by molar-refractivity contribution is 5.89. The lowest BCUT2D eigenvalue weighted by molar-refractivity contribution is -0.117. The minimum absolute atomic E-state index is 0.106. The third-order valence-corrected chi connectivity index (χ3v) is 6.67. The maximum atomic E-state index is 13.1. The molecule has 0 spiro atoms. The van der Waals surface area contributed by atoms with Gasteiger partial charge in [0.2, 0.25) is 5.95 Å². The smallest absolute Gasteiger partial charge is 0.414 e. The van der Waals surface area contributed by atoms with Gasteiger partial charge in [0, 0.05) is 30.6 Å². The van der Waals surface area contributed by atoms with Gasteiger partial charge >= 0.3 is 6.09 Å². The van der Waals surface area contributed by atoms with E-state index < -0.39 is 5.95 Å². The van der Waals surface area contributed by atoms with E-state index in [0.29, 0.717) is 25.3 Å². The van der Waals surface area contributed by atoms with Crippen LogP contribution in [0.1, 0.15) is 31.7 Å². The highest BCUT2D eigenvalue weighted by Gasteiger charge is 2.60. The molecule has 3 aliphatic rings. The minimum atomic E-state index is -0.461. The summed E-state index contributed by atoms with van der Waals surface area (Å²) in [5, 5.41) is 0. The van der Waals surface area contributed by atoms with Crippen LogP contribution in [0, 0.1) is 11.9 Å². The average Bonchev–Trinajstić information content (AvgIpc) is 3.10. The molecule has 0 N–H and O–H groups in total. The Labute approximate surface area is 174 Å². The maximum absolute atomic E-state index is 13.1. The van der Waals surface area contributed by atoms with Crippen molar-refractivity contribution < 1.29 is 18.7 Å². The standard InChI is InChI=1S/C23H24FN3O3/c1-15(28)2-8-20-13-27(22(29)30-20)18-5-3-16(4-6-18)23-10-17(23)12-26(14-23)19-7-9-21(24)25-11-19/h3-7,9,11,17,20H,2,8,10,12-14H2,1H3/t17?,20-,23?/m0/s1. The third-order valence-electron chi connectivity index (χ3n) is 6.67. The van der Waals surface area contributed by atoms with Gasteiger partial charge in [-0.25, -0.2) is 9.78 Å². The van der Waals surface area contributed by atoms with Gasteiger partial charge in [-0.1, -0.05) is 12.1 Å². The van der Waals surface area contributed by atoms with Crippen LogP contribution in [-0.4, -0.2) is 42.6 Å². The number of Topliss-reactive ketones (excluding diaryl/α,β-unsaturated/α-hetero) is 1. The molecule has 3 heterocycles. The first-order valence-electron chi connectivity index (χ1n) is 10.4. The monoisotopic (exact) mass is 409 g/mol. The second kappa shape index (κ2) is 7.07. The van der Waals surface area contributed by atoms with Crippen LogP contribution in [0.3, 0.4) is 0 Å². The molecular formula is C23H24FN3O3. The van der Waals surface area contributed by atoms with Crippen LogP contribution in [0.25, 0.3) is 0 Å². The van der Waals surface area contributed by atoms with Gasteiger partial charge in [-0.15, -0.1) is 0 Å². The van der Waals surface area contributed by atoms with E-state index >= 15 is 0 Å². The maximum Gasteiger partial charge on any atom is 0.414 e. The highest BCUT2D eigenvalue weighted by atomic mass is 19.1. The van der Waals surface area contributed by atoms with Crippen LogP contribution in [0.5, 0.6) is 0 Å². The number of nitrogens with zero attached hydrogens (tertiary/aromatic N) is 3. The Kier molecular flexibility index (Phi) is 4.49. The molecule has 2 saturated heterocycles. The van der Waals surface area contributed by atoms with Gasteiger partial charge in [0.15, 0.2) is 0 Å². The SMILES string of the molecule is CC(=O)CC[C@H]1CN(c2ccc(C34CC3CN(c3ccc(F)nc3)C4)cc2)C(=O)O1. The van der Waals surface area contributed by atoms with Crippen LogP contribution < -0.4 is 9.80 Å². The number of fused-ring (bicyclic) bond motifs is 1. The number of ether oxygens (including phenoxy) is 1. The lowest BCUT2D eigenvalue weighted by Crippen LogP contribution is -2.27. The first-order chi connectivity index (χ1) is 14.4. The number of halogens is 1. The number of hydrogen-bond donors (Lipinski definition) is 0. The van der Waals surface area contributed by atoms with Gasteiger partial charge in [-0.2, -0.15) is 4.39 Å². The predicted octanol–water partition coefficient (Wildman–Crippen LogP) is 3.69. The van der Waals surface area contributed by atoms with Crippen molar-refractivity contribution in [3.63, 3.8) is 0 Å². The van der Waals surface area contributed by atoms with E-state index in [2.05, 4.69) is 22.0 Å². The molecule has 1 saturated carbocycles.